The van der Waals surface area contributed by atoms with Crippen LogP contribution in [0.5, 0.6) is 23.0 Å². The van der Waals surface area contributed by atoms with Gasteiger partial charge in [-0.1, -0.05) is 0 Å². The number of ketones is 2. The number of carboxylic acid groups (broad SMARTS) is 2. The molecule has 2 N–H and O–H groups in total. The second-order valence-electron chi connectivity index (χ2n) is 8.63. The standard InChI is InChI=1S/C28H26O10S2/c1-35-19-13-23-15(11-25(39-23)17(29)3-5-27(31)32)9-21(19)37-7-8-38-22-10-16-12-26(18(30)4-6-28(33)34)40-24(16)14-20(22)36-2/h9-14H,3-8H2,1-2H3,(H,31,32)(H,33,34). The first-order valence-electron chi connectivity index (χ1n) is 12.2. The second kappa shape index (κ2) is 12.8. The van der Waals surface area contributed by atoms with Crippen molar-refractivity contribution in [3.8, 4) is 23.0 Å². The van der Waals surface area contributed by atoms with E-state index < -0.39 is 11.9 Å². The molecule has 210 valence electrons. The van der Waals surface area contributed by atoms with Crippen molar-refractivity contribution in [2.75, 3.05) is 27.4 Å². The third kappa shape index (κ3) is 6.88. The summed E-state index contributed by atoms with van der Waals surface area (Å²) in [4.78, 5) is 47.2. The molecule has 0 aliphatic rings. The Balaban J connectivity index is 1.42. The summed E-state index contributed by atoms with van der Waals surface area (Å²) in [6.07, 6.45) is -0.576. The number of fused-ring (bicyclic) bond motifs is 2. The van der Waals surface area contributed by atoms with Crippen LogP contribution in [-0.2, 0) is 9.59 Å². The molecule has 0 spiro atoms. The van der Waals surface area contributed by atoms with Gasteiger partial charge in [-0.15, -0.1) is 22.7 Å². The summed E-state index contributed by atoms with van der Waals surface area (Å²) in [6.45, 7) is 0.334. The molecule has 2 aromatic carbocycles. The van der Waals surface area contributed by atoms with Gasteiger partial charge in [-0.25, -0.2) is 0 Å². The number of benzene rings is 2. The van der Waals surface area contributed by atoms with Crippen LogP contribution < -0.4 is 18.9 Å². The lowest BCUT2D eigenvalue weighted by Gasteiger charge is -2.13. The summed E-state index contributed by atoms with van der Waals surface area (Å²) in [6, 6.07) is 10.5. The molecular formula is C28H26O10S2. The van der Waals surface area contributed by atoms with Gasteiger partial charge in [0.05, 0.1) is 36.8 Å². The molecular weight excluding hydrogens is 560 g/mol. The van der Waals surface area contributed by atoms with Crippen LogP contribution in [-0.4, -0.2) is 61.2 Å². The lowest BCUT2D eigenvalue weighted by Crippen LogP contribution is -2.10. The quantitative estimate of drug-likeness (QED) is 0.132. The fraction of sp³-hybridized carbons (Fsp3) is 0.286. The molecule has 2 aromatic heterocycles. The van der Waals surface area contributed by atoms with Gasteiger partial charge in [-0.2, -0.15) is 0 Å². The zero-order chi connectivity index (χ0) is 28.8. The van der Waals surface area contributed by atoms with Crippen LogP contribution in [0, 0.1) is 0 Å². The van der Waals surface area contributed by atoms with Gasteiger partial charge in [-0.05, 0) is 35.0 Å². The van der Waals surface area contributed by atoms with Gasteiger partial charge >= 0.3 is 11.9 Å². The molecule has 0 amide bonds. The van der Waals surface area contributed by atoms with Crippen LogP contribution >= 0.6 is 22.7 Å². The van der Waals surface area contributed by atoms with Crippen molar-refractivity contribution in [2.24, 2.45) is 0 Å². The highest BCUT2D eigenvalue weighted by molar-refractivity contribution is 7.21. The lowest BCUT2D eigenvalue weighted by atomic mass is 10.1. The maximum atomic E-state index is 12.3. The minimum atomic E-state index is -1.02. The summed E-state index contributed by atoms with van der Waals surface area (Å²) < 4.78 is 24.4. The van der Waals surface area contributed by atoms with E-state index >= 15 is 0 Å². The van der Waals surface area contributed by atoms with Crippen molar-refractivity contribution < 1.29 is 48.3 Å². The molecule has 0 aliphatic carbocycles. The molecule has 0 fully saturated rings. The average Bonchev–Trinajstić information content (AvgIpc) is 3.55. The molecule has 0 saturated carbocycles. The van der Waals surface area contributed by atoms with Gasteiger partial charge in [0.2, 0.25) is 0 Å². The molecule has 0 aliphatic heterocycles. The van der Waals surface area contributed by atoms with E-state index in [9.17, 15) is 19.2 Å². The van der Waals surface area contributed by atoms with E-state index in [1.54, 1.807) is 36.4 Å². The summed E-state index contributed by atoms with van der Waals surface area (Å²) in [5.41, 5.74) is 0. The van der Waals surface area contributed by atoms with Gasteiger partial charge < -0.3 is 29.2 Å². The molecule has 0 radical (unpaired) electrons. The molecule has 0 bridgehead atoms. The minimum Gasteiger partial charge on any atom is -0.493 e. The van der Waals surface area contributed by atoms with E-state index in [0.717, 1.165) is 20.2 Å². The monoisotopic (exact) mass is 586 g/mol. The first-order chi connectivity index (χ1) is 19.2. The Morgan fingerprint density at radius 3 is 1.35 bits per heavy atom. The zero-order valence-corrected chi connectivity index (χ0v) is 23.3. The Labute approximate surface area is 236 Å². The molecule has 12 heteroatoms. The maximum absolute atomic E-state index is 12.3. The number of carbonyl (C=O) groups excluding carboxylic acids is 2. The Morgan fingerprint density at radius 1 is 0.600 bits per heavy atom. The van der Waals surface area contributed by atoms with E-state index in [4.69, 9.17) is 29.2 Å². The highest BCUT2D eigenvalue weighted by Gasteiger charge is 2.17. The fourth-order valence-corrected chi connectivity index (χ4v) is 5.99. The summed E-state index contributed by atoms with van der Waals surface area (Å²) in [5.74, 6) is -0.605. The van der Waals surface area contributed by atoms with Crippen molar-refractivity contribution in [1.29, 1.82) is 0 Å². The molecule has 0 atom stereocenters. The first-order valence-corrected chi connectivity index (χ1v) is 13.8. The Hall–Kier alpha value is -4.16. The number of ether oxygens (including phenoxy) is 4. The van der Waals surface area contributed by atoms with E-state index in [0.29, 0.717) is 32.8 Å². The second-order valence-corrected chi connectivity index (χ2v) is 10.8. The van der Waals surface area contributed by atoms with E-state index in [1.165, 1.54) is 36.9 Å². The predicted octanol–water partition coefficient (Wildman–Crippen LogP) is 5.69. The van der Waals surface area contributed by atoms with Gasteiger partial charge in [0.25, 0.3) is 0 Å². The molecule has 0 unspecified atom stereocenters. The van der Waals surface area contributed by atoms with Crippen LogP contribution in [0.3, 0.4) is 0 Å². The average molecular weight is 587 g/mol. The van der Waals surface area contributed by atoms with E-state index in [-0.39, 0.29) is 50.5 Å². The predicted molar refractivity (Wildman–Crippen MR) is 150 cm³/mol. The third-order valence-electron chi connectivity index (χ3n) is 5.89. The van der Waals surface area contributed by atoms with Crippen LogP contribution in [0.15, 0.2) is 36.4 Å². The maximum Gasteiger partial charge on any atom is 0.303 e. The number of methoxy groups -OCH3 is 2. The van der Waals surface area contributed by atoms with Crippen LogP contribution in [0.1, 0.15) is 45.0 Å². The normalized spacial score (nSPS) is 10.9. The number of carboxylic acids is 2. The topological polar surface area (TPSA) is 146 Å². The Bertz CT molecular complexity index is 1460. The molecule has 4 rings (SSSR count). The van der Waals surface area contributed by atoms with Crippen LogP contribution in [0.2, 0.25) is 0 Å². The first kappa shape index (κ1) is 28.8. The SMILES string of the molecule is COc1cc2sc(C(=O)CCC(=O)O)cc2cc1OCCOc1cc2cc(C(=O)CCC(=O)O)sc2cc1OC. The molecule has 2 heterocycles. The highest BCUT2D eigenvalue weighted by Crippen LogP contribution is 2.38. The third-order valence-corrected chi connectivity index (χ3v) is 8.16. The number of hydrogen-bond acceptors (Lipinski definition) is 10. The lowest BCUT2D eigenvalue weighted by molar-refractivity contribution is -0.137. The largest absolute Gasteiger partial charge is 0.493 e. The van der Waals surface area contributed by atoms with Gasteiger partial charge in [0, 0.05) is 34.4 Å². The van der Waals surface area contributed by atoms with E-state index in [1.807, 2.05) is 0 Å². The van der Waals surface area contributed by atoms with Crippen molar-refractivity contribution in [1.82, 2.24) is 0 Å². The van der Waals surface area contributed by atoms with Gasteiger partial charge in [0.1, 0.15) is 13.2 Å². The Kier molecular flexibility index (Phi) is 9.22. The van der Waals surface area contributed by atoms with E-state index in [2.05, 4.69) is 0 Å². The minimum absolute atomic E-state index is 0.0665. The fourth-order valence-electron chi connectivity index (χ4n) is 3.90. The number of thiophene rings is 2. The smallest absolute Gasteiger partial charge is 0.303 e. The number of Topliss-reactive ketones (excluding diaryl/α,β-unsaturated/α-hetero) is 2. The van der Waals surface area contributed by atoms with Crippen molar-refractivity contribution in [3.05, 3.63) is 46.2 Å². The van der Waals surface area contributed by atoms with Crippen molar-refractivity contribution in [3.63, 3.8) is 0 Å². The molecule has 40 heavy (non-hydrogen) atoms. The summed E-state index contributed by atoms with van der Waals surface area (Å²) in [5, 5.41) is 19.2. The van der Waals surface area contributed by atoms with Crippen LogP contribution in [0.4, 0.5) is 0 Å². The molecule has 0 saturated heterocycles. The number of carbonyl (C=O) groups is 4. The molecule has 4 aromatic rings. The van der Waals surface area contributed by atoms with Crippen molar-refractivity contribution in [2.45, 2.75) is 25.7 Å². The van der Waals surface area contributed by atoms with Gasteiger partial charge in [-0.3, -0.25) is 19.2 Å². The number of aliphatic carboxylic acids is 2. The zero-order valence-electron chi connectivity index (χ0n) is 21.7. The van der Waals surface area contributed by atoms with Gasteiger partial charge in [0.15, 0.2) is 34.6 Å². The Morgan fingerprint density at radius 2 is 1.00 bits per heavy atom. The van der Waals surface area contributed by atoms with Crippen molar-refractivity contribution >= 4 is 66.4 Å². The summed E-state index contributed by atoms with van der Waals surface area (Å²) in [7, 11) is 3.03. The highest BCUT2D eigenvalue weighted by atomic mass is 32.1. The number of hydrogen-bond donors (Lipinski definition) is 2. The van der Waals surface area contributed by atoms with Crippen LogP contribution in [0.25, 0.3) is 20.2 Å². The molecule has 10 nitrogen and oxygen atoms in total. The number of rotatable bonds is 15. The summed E-state index contributed by atoms with van der Waals surface area (Å²) >= 11 is 2.54.